The Morgan fingerprint density at radius 3 is 2.59 bits per heavy atom. The average molecular weight is 436 g/mol. The molecule has 1 aromatic heterocycles. The van der Waals surface area contributed by atoms with Gasteiger partial charge >= 0.3 is 11.6 Å². The molecular formula is C20H15Cl2NO6. The number of methoxy groups -OCH3 is 1. The van der Waals surface area contributed by atoms with Crippen LogP contribution in [0.25, 0.3) is 11.0 Å². The van der Waals surface area contributed by atoms with Gasteiger partial charge in [-0.15, -0.1) is 0 Å². The summed E-state index contributed by atoms with van der Waals surface area (Å²) in [5.41, 5.74) is -0.639. The Balaban J connectivity index is 1.83. The maximum Gasteiger partial charge on any atom is 0.349 e. The van der Waals surface area contributed by atoms with Gasteiger partial charge in [0.2, 0.25) is 0 Å². The third kappa shape index (κ3) is 4.95. The minimum Gasteiger partial charge on any atom is -0.423 e. The minimum atomic E-state index is -0.809. The molecule has 0 saturated heterocycles. The standard InChI is InChI=1S/C20H15Cl2NO6/c1-27-7-6-23-18(24)15-8-11-2-4-13(10-17(11)29-20(15)26)28-19(25)14-5-3-12(21)9-16(14)22/h2-5,8-10H,6-7H2,1H3,(H,23,24). The monoisotopic (exact) mass is 435 g/mol. The van der Waals surface area contributed by atoms with Crippen LogP contribution in [-0.2, 0) is 4.74 Å². The van der Waals surface area contributed by atoms with Crippen molar-refractivity contribution in [3.8, 4) is 5.75 Å². The maximum atomic E-state index is 12.3. The molecule has 0 spiro atoms. The summed E-state index contributed by atoms with van der Waals surface area (Å²) >= 11 is 11.8. The van der Waals surface area contributed by atoms with Crippen LogP contribution >= 0.6 is 23.2 Å². The van der Waals surface area contributed by atoms with Crippen LogP contribution in [0.15, 0.2) is 51.7 Å². The predicted octanol–water partition coefficient (Wildman–Crippen LogP) is 3.70. The molecular weight excluding hydrogens is 421 g/mol. The summed E-state index contributed by atoms with van der Waals surface area (Å²) in [7, 11) is 1.50. The lowest BCUT2D eigenvalue weighted by molar-refractivity contribution is 0.0735. The number of carbonyl (C=O) groups excluding carboxylic acids is 2. The van der Waals surface area contributed by atoms with E-state index in [0.717, 1.165) is 0 Å². The summed E-state index contributed by atoms with van der Waals surface area (Å²) in [6.45, 7) is 0.575. The summed E-state index contributed by atoms with van der Waals surface area (Å²) in [5.74, 6) is -1.11. The number of halogens is 2. The second kappa shape index (κ2) is 9.09. The second-order valence-electron chi connectivity index (χ2n) is 5.91. The number of rotatable bonds is 6. The van der Waals surface area contributed by atoms with E-state index < -0.39 is 17.5 Å². The lowest BCUT2D eigenvalue weighted by Gasteiger charge is -2.08. The zero-order chi connectivity index (χ0) is 21.0. The van der Waals surface area contributed by atoms with E-state index in [1.807, 2.05) is 0 Å². The van der Waals surface area contributed by atoms with Crippen LogP contribution in [0.5, 0.6) is 5.75 Å². The Morgan fingerprint density at radius 2 is 1.86 bits per heavy atom. The molecule has 0 fully saturated rings. The molecule has 0 unspecified atom stereocenters. The van der Waals surface area contributed by atoms with Crippen LogP contribution in [0, 0.1) is 0 Å². The number of hydrogen-bond donors (Lipinski definition) is 1. The highest BCUT2D eigenvalue weighted by molar-refractivity contribution is 6.36. The molecule has 0 bridgehead atoms. The molecule has 1 N–H and O–H groups in total. The van der Waals surface area contributed by atoms with E-state index >= 15 is 0 Å². The number of amides is 1. The molecule has 0 aliphatic rings. The Kier molecular flexibility index (Phi) is 6.53. The molecule has 3 aromatic rings. The van der Waals surface area contributed by atoms with Crippen LogP contribution in [0.3, 0.4) is 0 Å². The lowest BCUT2D eigenvalue weighted by Crippen LogP contribution is -2.30. The number of carbonyl (C=O) groups is 2. The highest BCUT2D eigenvalue weighted by Crippen LogP contribution is 2.25. The van der Waals surface area contributed by atoms with Crippen molar-refractivity contribution >= 4 is 46.0 Å². The largest absolute Gasteiger partial charge is 0.423 e. The normalized spacial score (nSPS) is 10.7. The quantitative estimate of drug-likeness (QED) is 0.274. The van der Waals surface area contributed by atoms with E-state index in [2.05, 4.69) is 5.32 Å². The van der Waals surface area contributed by atoms with Crippen molar-refractivity contribution in [2.24, 2.45) is 0 Å². The van der Waals surface area contributed by atoms with Crippen LogP contribution in [0.1, 0.15) is 20.7 Å². The zero-order valence-corrected chi connectivity index (χ0v) is 16.7. The molecule has 7 nitrogen and oxygen atoms in total. The molecule has 29 heavy (non-hydrogen) atoms. The SMILES string of the molecule is COCCNC(=O)c1cc2ccc(OC(=O)c3ccc(Cl)cc3Cl)cc2oc1=O. The molecule has 0 aliphatic carbocycles. The Hall–Kier alpha value is -2.87. The summed E-state index contributed by atoms with van der Waals surface area (Å²) in [4.78, 5) is 36.5. The highest BCUT2D eigenvalue weighted by Gasteiger charge is 2.16. The predicted molar refractivity (Wildman–Crippen MR) is 108 cm³/mol. The van der Waals surface area contributed by atoms with Gasteiger partial charge in [-0.1, -0.05) is 23.2 Å². The fraction of sp³-hybridized carbons (Fsp3) is 0.150. The van der Waals surface area contributed by atoms with Crippen LogP contribution < -0.4 is 15.7 Å². The van der Waals surface area contributed by atoms with Gasteiger partial charge in [0, 0.05) is 30.1 Å². The molecule has 1 amide bonds. The van der Waals surface area contributed by atoms with Gasteiger partial charge in [-0.05, 0) is 36.4 Å². The first kappa shape index (κ1) is 20.9. The second-order valence-corrected chi connectivity index (χ2v) is 6.75. The number of hydrogen-bond acceptors (Lipinski definition) is 6. The summed E-state index contributed by atoms with van der Waals surface area (Å²) < 4.78 is 15.3. The lowest BCUT2D eigenvalue weighted by atomic mass is 10.1. The van der Waals surface area contributed by atoms with Gasteiger partial charge in [-0.3, -0.25) is 4.79 Å². The van der Waals surface area contributed by atoms with Crippen molar-refractivity contribution in [2.45, 2.75) is 0 Å². The minimum absolute atomic E-state index is 0.133. The highest BCUT2D eigenvalue weighted by atomic mass is 35.5. The van der Waals surface area contributed by atoms with Gasteiger partial charge in [0.15, 0.2) is 0 Å². The fourth-order valence-electron chi connectivity index (χ4n) is 2.49. The molecule has 0 atom stereocenters. The van der Waals surface area contributed by atoms with E-state index in [4.69, 9.17) is 37.1 Å². The Bertz CT molecular complexity index is 1140. The first-order valence-electron chi connectivity index (χ1n) is 8.41. The molecule has 2 aromatic carbocycles. The molecule has 0 saturated carbocycles. The number of nitrogens with one attached hydrogen (secondary N) is 1. The van der Waals surface area contributed by atoms with Crippen molar-refractivity contribution < 1.29 is 23.5 Å². The molecule has 3 rings (SSSR count). The summed E-state index contributed by atoms with van der Waals surface area (Å²) in [6.07, 6.45) is 0. The van der Waals surface area contributed by atoms with Gasteiger partial charge in [-0.25, -0.2) is 9.59 Å². The number of fused-ring (bicyclic) bond motifs is 1. The fourth-order valence-corrected chi connectivity index (χ4v) is 2.98. The van der Waals surface area contributed by atoms with E-state index in [-0.39, 0.29) is 34.0 Å². The topological polar surface area (TPSA) is 94.8 Å². The van der Waals surface area contributed by atoms with Crippen molar-refractivity contribution in [3.05, 3.63) is 74.1 Å². The smallest absolute Gasteiger partial charge is 0.349 e. The van der Waals surface area contributed by atoms with Crippen molar-refractivity contribution in [3.63, 3.8) is 0 Å². The third-order valence-electron chi connectivity index (χ3n) is 3.91. The van der Waals surface area contributed by atoms with Crippen molar-refractivity contribution in [1.29, 1.82) is 0 Å². The first-order valence-corrected chi connectivity index (χ1v) is 9.17. The molecule has 1 heterocycles. The van der Waals surface area contributed by atoms with Crippen molar-refractivity contribution in [1.82, 2.24) is 5.32 Å². The summed E-state index contributed by atoms with van der Waals surface area (Å²) in [5, 5.41) is 3.59. The maximum absolute atomic E-state index is 12.3. The Labute approximate surface area is 175 Å². The summed E-state index contributed by atoms with van der Waals surface area (Å²) in [6, 6.07) is 10.3. The van der Waals surface area contributed by atoms with Gasteiger partial charge in [0.05, 0.1) is 17.2 Å². The number of benzene rings is 2. The van der Waals surface area contributed by atoms with Gasteiger partial charge < -0.3 is 19.2 Å². The number of esters is 1. The van der Waals surface area contributed by atoms with E-state index in [0.29, 0.717) is 17.0 Å². The molecule has 150 valence electrons. The van der Waals surface area contributed by atoms with Gasteiger partial charge in [-0.2, -0.15) is 0 Å². The van der Waals surface area contributed by atoms with E-state index in [1.54, 1.807) is 6.07 Å². The first-order chi connectivity index (χ1) is 13.9. The van der Waals surface area contributed by atoms with E-state index in [1.165, 1.54) is 43.5 Å². The van der Waals surface area contributed by atoms with Gasteiger partial charge in [0.25, 0.3) is 5.91 Å². The van der Waals surface area contributed by atoms with Crippen LogP contribution in [0.4, 0.5) is 0 Å². The molecule has 9 heteroatoms. The van der Waals surface area contributed by atoms with Crippen LogP contribution in [0.2, 0.25) is 10.0 Å². The van der Waals surface area contributed by atoms with Gasteiger partial charge in [0.1, 0.15) is 16.9 Å². The molecule has 0 radical (unpaired) electrons. The Morgan fingerprint density at radius 1 is 1.07 bits per heavy atom. The number of ether oxygens (including phenoxy) is 2. The zero-order valence-electron chi connectivity index (χ0n) is 15.2. The van der Waals surface area contributed by atoms with Crippen molar-refractivity contribution in [2.75, 3.05) is 20.3 Å². The average Bonchev–Trinajstić information content (AvgIpc) is 2.67. The van der Waals surface area contributed by atoms with E-state index in [9.17, 15) is 14.4 Å². The molecule has 0 aliphatic heterocycles. The van der Waals surface area contributed by atoms with Crippen LogP contribution in [-0.4, -0.2) is 32.1 Å². The third-order valence-corrected chi connectivity index (χ3v) is 4.45.